The van der Waals surface area contributed by atoms with Gasteiger partial charge in [0.1, 0.15) is 12.5 Å². The van der Waals surface area contributed by atoms with Gasteiger partial charge in [0.15, 0.2) is 13.0 Å². The van der Waals surface area contributed by atoms with Crippen LogP contribution in [0.5, 0.6) is 0 Å². The number of nitrogens with zero attached hydrogens (tertiary/aromatic N) is 3. The quantitative estimate of drug-likeness (QED) is 0.396. The van der Waals surface area contributed by atoms with E-state index in [2.05, 4.69) is 15.2 Å². The zero-order valence-electron chi connectivity index (χ0n) is 11.9. The third-order valence-electron chi connectivity index (χ3n) is 2.30. The van der Waals surface area contributed by atoms with Gasteiger partial charge < -0.3 is 0 Å². The van der Waals surface area contributed by atoms with E-state index in [1.165, 1.54) is 23.1 Å². The van der Waals surface area contributed by atoms with Crippen LogP contribution in [0.3, 0.4) is 0 Å². The van der Waals surface area contributed by atoms with Gasteiger partial charge in [-0.15, -0.1) is 10.2 Å². The maximum absolute atomic E-state index is 10.0. The highest BCUT2D eigenvalue weighted by molar-refractivity contribution is 8.04. The summed E-state index contributed by atoms with van der Waals surface area (Å²) in [6.07, 6.45) is 4.43. The average Bonchev–Trinajstić information content (AvgIpc) is 3.25. The number of aromatic nitrogens is 3. The summed E-state index contributed by atoms with van der Waals surface area (Å²) in [4.78, 5) is 14.1. The predicted molar refractivity (Wildman–Crippen MR) is 93.1 cm³/mol. The summed E-state index contributed by atoms with van der Waals surface area (Å²) < 4.78 is 2.68. The zero-order valence-corrected chi connectivity index (χ0v) is 15.2. The molecule has 23 heavy (non-hydrogen) atoms. The first kappa shape index (κ1) is 18.0. The standard InChI is InChI=1S/C7H6O.C6H6N4OS4/c8-6-7-4-2-1-3-5-7;1-12-5-8-9-6(15-5)14-4-7-2-3(10-11)13-4/h1-6H;2,10-11H,1H3/p+1. The topological polar surface area (TPSA) is 92.6 Å². The van der Waals surface area contributed by atoms with Crippen molar-refractivity contribution >= 4 is 57.5 Å². The molecule has 0 aliphatic rings. The third-order valence-corrected chi connectivity index (χ3v) is 6.26. The fourth-order valence-electron chi connectivity index (χ4n) is 1.30. The van der Waals surface area contributed by atoms with Crippen molar-refractivity contribution < 1.29 is 15.5 Å². The van der Waals surface area contributed by atoms with Gasteiger partial charge in [-0.25, -0.2) is 10.2 Å². The number of thiazole rings is 1. The molecule has 6 nitrogen and oxygen atoms in total. The van der Waals surface area contributed by atoms with Gasteiger partial charge in [-0.2, -0.15) is 5.48 Å². The minimum absolute atomic E-state index is 0.729. The van der Waals surface area contributed by atoms with Crippen LogP contribution < -0.4 is 5.48 Å². The Balaban J connectivity index is 0.000000203. The van der Waals surface area contributed by atoms with E-state index in [-0.39, 0.29) is 0 Å². The fourth-order valence-corrected chi connectivity index (χ4v) is 4.76. The van der Waals surface area contributed by atoms with Crippen molar-refractivity contribution in [3.05, 3.63) is 42.1 Å². The largest absolute Gasteiger partial charge is 0.298 e. The molecule has 2 heterocycles. The number of quaternary nitrogens is 1. The molecule has 120 valence electrons. The summed E-state index contributed by atoms with van der Waals surface area (Å²) in [5, 5.41) is 17.5. The summed E-state index contributed by atoms with van der Waals surface area (Å²) in [5.74, 6) is 0. The van der Waals surface area contributed by atoms with E-state index >= 15 is 0 Å². The molecule has 0 bridgehead atoms. The van der Waals surface area contributed by atoms with E-state index in [0.717, 1.165) is 35.3 Å². The van der Waals surface area contributed by atoms with E-state index in [1.54, 1.807) is 41.4 Å². The van der Waals surface area contributed by atoms with Crippen molar-refractivity contribution in [2.75, 3.05) is 6.26 Å². The van der Waals surface area contributed by atoms with E-state index in [9.17, 15) is 4.79 Å². The van der Waals surface area contributed by atoms with Crippen molar-refractivity contribution in [1.29, 1.82) is 0 Å². The van der Waals surface area contributed by atoms with E-state index in [4.69, 9.17) is 5.21 Å². The Bertz CT molecular complexity index is 692. The number of aldehydes is 1. The molecule has 0 aliphatic heterocycles. The second-order valence-electron chi connectivity index (χ2n) is 3.83. The molecule has 0 saturated carbocycles. The highest BCUT2D eigenvalue weighted by Crippen LogP contribution is 2.35. The van der Waals surface area contributed by atoms with Crippen molar-refractivity contribution in [2.24, 2.45) is 0 Å². The minimum atomic E-state index is 0.729. The fraction of sp³-hybridized carbons (Fsp3) is 0.0769. The highest BCUT2D eigenvalue weighted by atomic mass is 32.2. The zero-order chi connectivity index (χ0) is 16.5. The summed E-state index contributed by atoms with van der Waals surface area (Å²) in [7, 11) is 0. The minimum Gasteiger partial charge on any atom is -0.298 e. The predicted octanol–water partition coefficient (Wildman–Crippen LogP) is 2.95. The second kappa shape index (κ2) is 9.75. The van der Waals surface area contributed by atoms with Crippen LogP contribution in [0.25, 0.3) is 0 Å². The van der Waals surface area contributed by atoms with Gasteiger partial charge >= 0.3 is 0 Å². The Kier molecular flexibility index (Phi) is 7.65. The number of hydrogen-bond acceptors (Lipinski definition) is 9. The first-order valence-corrected chi connectivity index (χ1v) is 9.91. The molecule has 3 aromatic rings. The van der Waals surface area contributed by atoms with Crippen molar-refractivity contribution in [1.82, 2.24) is 15.2 Å². The van der Waals surface area contributed by atoms with E-state index < -0.39 is 0 Å². The number of hydrogen-bond donors (Lipinski definition) is 2. The lowest BCUT2D eigenvalue weighted by atomic mass is 10.2. The number of nitrogens with two attached hydrogens (primary N) is 1. The molecule has 10 heteroatoms. The van der Waals surface area contributed by atoms with E-state index in [1.807, 2.05) is 24.5 Å². The first-order valence-electron chi connectivity index (χ1n) is 6.24. The molecule has 0 radical (unpaired) electrons. The van der Waals surface area contributed by atoms with Gasteiger partial charge in [0.25, 0.3) is 0 Å². The van der Waals surface area contributed by atoms with Crippen LogP contribution in [0.15, 0.2) is 49.5 Å². The van der Waals surface area contributed by atoms with Crippen molar-refractivity contribution in [2.45, 2.75) is 13.0 Å². The average molecular weight is 386 g/mol. The van der Waals surface area contributed by atoms with Crippen LogP contribution in [-0.2, 0) is 0 Å². The lowest BCUT2D eigenvalue weighted by Crippen LogP contribution is -2.73. The molecule has 2 aromatic heterocycles. The number of thioether (sulfide) groups is 1. The number of carbonyl (C=O) groups is 1. The smallest absolute Gasteiger partial charge is 0.238 e. The maximum atomic E-state index is 10.0. The molecule has 0 aliphatic carbocycles. The van der Waals surface area contributed by atoms with Gasteiger partial charge in [0.2, 0.25) is 5.00 Å². The van der Waals surface area contributed by atoms with Gasteiger partial charge in [-0.1, -0.05) is 53.4 Å². The molecular weight excluding hydrogens is 372 g/mol. The van der Waals surface area contributed by atoms with Crippen LogP contribution in [0.2, 0.25) is 0 Å². The Morgan fingerprint density at radius 1 is 1.13 bits per heavy atom. The Morgan fingerprint density at radius 2 is 1.87 bits per heavy atom. The molecule has 3 N–H and O–H groups in total. The molecule has 0 saturated heterocycles. The van der Waals surface area contributed by atoms with Gasteiger partial charge in [0.05, 0.1) is 0 Å². The monoisotopic (exact) mass is 385 g/mol. The Hall–Kier alpha value is -1.30. The van der Waals surface area contributed by atoms with Crippen LogP contribution >= 0.6 is 46.2 Å². The first-order chi connectivity index (χ1) is 11.2. The van der Waals surface area contributed by atoms with Crippen LogP contribution in [0.1, 0.15) is 10.4 Å². The Labute approximate surface area is 149 Å². The number of carbonyl (C=O) groups excluding carboxylic acids is 1. The number of rotatable bonds is 5. The normalized spacial score (nSPS) is 10.0. The van der Waals surface area contributed by atoms with Crippen LogP contribution in [0, 0.1) is 0 Å². The van der Waals surface area contributed by atoms with Crippen molar-refractivity contribution in [3.8, 4) is 0 Å². The van der Waals surface area contributed by atoms with Gasteiger partial charge in [-0.05, 0) is 29.4 Å². The molecule has 3 rings (SSSR count). The third kappa shape index (κ3) is 6.01. The summed E-state index contributed by atoms with van der Waals surface area (Å²) >= 11 is 6.01. The van der Waals surface area contributed by atoms with Gasteiger partial charge in [-0.3, -0.25) is 4.79 Å². The molecule has 1 aromatic carbocycles. The molecule has 0 fully saturated rings. The summed E-state index contributed by atoms with van der Waals surface area (Å²) in [5.41, 5.74) is 1.78. The molecule has 0 spiro atoms. The van der Waals surface area contributed by atoms with E-state index in [0.29, 0.717) is 0 Å². The lowest BCUT2D eigenvalue weighted by molar-refractivity contribution is -0.823. The summed E-state index contributed by atoms with van der Waals surface area (Å²) in [6, 6.07) is 9.10. The second-order valence-corrected chi connectivity index (χ2v) is 8.41. The Morgan fingerprint density at radius 3 is 2.39 bits per heavy atom. The molecular formula is C13H13N4O2S4+. The molecule has 0 atom stereocenters. The van der Waals surface area contributed by atoms with Crippen molar-refractivity contribution in [3.63, 3.8) is 0 Å². The number of benzene rings is 1. The molecule has 0 amide bonds. The maximum Gasteiger partial charge on any atom is 0.238 e. The van der Waals surface area contributed by atoms with Crippen LogP contribution in [0.4, 0.5) is 5.00 Å². The summed E-state index contributed by atoms with van der Waals surface area (Å²) in [6.45, 7) is 0. The van der Waals surface area contributed by atoms with Crippen LogP contribution in [-0.4, -0.2) is 32.9 Å². The lowest BCUT2D eigenvalue weighted by Gasteiger charge is -1.86. The highest BCUT2D eigenvalue weighted by Gasteiger charge is 2.10. The SMILES string of the molecule is CSc1nnc(Sc2ncc([NH2+]O)s2)s1.O=Cc1ccccc1. The molecule has 0 unspecified atom stereocenters. The van der Waals surface area contributed by atoms with Gasteiger partial charge in [0, 0.05) is 5.56 Å².